The number of ether oxygens (including phenoxy) is 4. The van der Waals surface area contributed by atoms with Crippen molar-refractivity contribution in [1.82, 2.24) is 14.9 Å². The molecule has 152 valence electrons. The maximum absolute atomic E-state index is 12.3. The van der Waals surface area contributed by atoms with Crippen LogP contribution in [0.5, 0.6) is 5.75 Å². The van der Waals surface area contributed by atoms with Crippen LogP contribution in [0.15, 0.2) is 12.4 Å². The number of hydrogen-bond acceptors (Lipinski definition) is 8. The molecule has 27 heavy (non-hydrogen) atoms. The summed E-state index contributed by atoms with van der Waals surface area (Å²) in [5, 5.41) is 3.02. The summed E-state index contributed by atoms with van der Waals surface area (Å²) in [4.78, 5) is 22.4. The zero-order chi connectivity index (χ0) is 20.0. The van der Waals surface area contributed by atoms with E-state index >= 15 is 0 Å². The van der Waals surface area contributed by atoms with Gasteiger partial charge in [0.05, 0.1) is 25.5 Å². The van der Waals surface area contributed by atoms with Crippen molar-refractivity contribution in [2.75, 3.05) is 32.6 Å². The standard InChI is InChI=1S/C18H30N4O5/c1-12-7-13(11-22(12)17(23)27-18(2,3)4)26-14-8-19-16(20-9-14)21-10-15(24-5)25-6/h8-9,12-13,15H,7,10-11H2,1-6H3,(H,19,20,21)/t12-,13+/m0/s1. The van der Waals surface area contributed by atoms with Crippen molar-refractivity contribution in [2.24, 2.45) is 0 Å². The molecule has 2 rings (SSSR count). The number of rotatable bonds is 7. The number of amides is 1. The molecule has 0 aromatic carbocycles. The Balaban J connectivity index is 1.86. The van der Waals surface area contributed by atoms with Gasteiger partial charge < -0.3 is 29.2 Å². The number of likely N-dealkylation sites (tertiary alicyclic amines) is 1. The molecule has 1 N–H and O–H groups in total. The quantitative estimate of drug-likeness (QED) is 0.718. The molecule has 0 aliphatic carbocycles. The van der Waals surface area contributed by atoms with Crippen molar-refractivity contribution < 1.29 is 23.7 Å². The largest absolute Gasteiger partial charge is 0.485 e. The van der Waals surface area contributed by atoms with E-state index in [9.17, 15) is 4.79 Å². The van der Waals surface area contributed by atoms with Gasteiger partial charge in [-0.25, -0.2) is 14.8 Å². The third kappa shape index (κ3) is 6.51. The fourth-order valence-corrected chi connectivity index (χ4v) is 2.74. The summed E-state index contributed by atoms with van der Waals surface area (Å²) in [6.07, 6.45) is 3.12. The molecule has 9 nitrogen and oxygen atoms in total. The highest BCUT2D eigenvalue weighted by molar-refractivity contribution is 5.69. The molecular formula is C18H30N4O5. The Morgan fingerprint density at radius 1 is 1.30 bits per heavy atom. The van der Waals surface area contributed by atoms with Crippen LogP contribution >= 0.6 is 0 Å². The van der Waals surface area contributed by atoms with Gasteiger partial charge in [-0.05, 0) is 27.7 Å². The molecule has 9 heteroatoms. The van der Waals surface area contributed by atoms with Crippen LogP contribution in [0.4, 0.5) is 10.7 Å². The second-order valence-corrected chi connectivity index (χ2v) is 7.48. The Morgan fingerprint density at radius 3 is 2.48 bits per heavy atom. The van der Waals surface area contributed by atoms with Crippen molar-refractivity contribution in [3.63, 3.8) is 0 Å². The first-order valence-electron chi connectivity index (χ1n) is 8.99. The number of anilines is 1. The normalized spacial score (nSPS) is 20.0. The van der Waals surface area contributed by atoms with E-state index in [1.807, 2.05) is 27.7 Å². The molecule has 1 saturated heterocycles. The van der Waals surface area contributed by atoms with Crippen molar-refractivity contribution >= 4 is 12.0 Å². The molecule has 1 fully saturated rings. The number of aromatic nitrogens is 2. The number of nitrogens with zero attached hydrogens (tertiary/aromatic N) is 3. The van der Waals surface area contributed by atoms with Crippen LogP contribution in [0, 0.1) is 0 Å². The minimum absolute atomic E-state index is 0.0479. The second-order valence-electron chi connectivity index (χ2n) is 7.48. The molecule has 1 aromatic heterocycles. The van der Waals surface area contributed by atoms with Gasteiger partial charge in [0.15, 0.2) is 12.0 Å². The van der Waals surface area contributed by atoms with Gasteiger partial charge in [0.25, 0.3) is 0 Å². The van der Waals surface area contributed by atoms with Gasteiger partial charge in [-0.3, -0.25) is 0 Å². The first kappa shape index (κ1) is 21.2. The zero-order valence-corrected chi connectivity index (χ0v) is 16.9. The molecule has 1 amide bonds. The summed E-state index contributed by atoms with van der Waals surface area (Å²) >= 11 is 0. The van der Waals surface area contributed by atoms with Gasteiger partial charge in [-0.2, -0.15) is 0 Å². The summed E-state index contributed by atoms with van der Waals surface area (Å²) in [7, 11) is 3.13. The molecule has 0 saturated carbocycles. The Labute approximate surface area is 160 Å². The lowest BCUT2D eigenvalue weighted by molar-refractivity contribution is -0.0914. The number of methoxy groups -OCH3 is 2. The van der Waals surface area contributed by atoms with Gasteiger partial charge in [-0.15, -0.1) is 0 Å². The van der Waals surface area contributed by atoms with Crippen molar-refractivity contribution in [3.8, 4) is 5.75 Å². The van der Waals surface area contributed by atoms with Gasteiger partial charge >= 0.3 is 6.09 Å². The molecule has 0 unspecified atom stereocenters. The summed E-state index contributed by atoms with van der Waals surface area (Å²) in [6, 6.07) is 0.0479. The van der Waals surface area contributed by atoms with E-state index in [2.05, 4.69) is 15.3 Å². The van der Waals surface area contributed by atoms with Gasteiger partial charge in [0.1, 0.15) is 11.7 Å². The number of hydrogen-bond donors (Lipinski definition) is 1. The van der Waals surface area contributed by atoms with E-state index in [0.717, 1.165) is 6.42 Å². The number of nitrogens with one attached hydrogen (secondary N) is 1. The van der Waals surface area contributed by atoms with Gasteiger partial charge in [0, 0.05) is 26.7 Å². The first-order chi connectivity index (χ1) is 12.7. The summed E-state index contributed by atoms with van der Waals surface area (Å²) < 4.78 is 21.6. The molecule has 2 atom stereocenters. The van der Waals surface area contributed by atoms with Crippen molar-refractivity contribution in [2.45, 2.75) is 58.2 Å². The van der Waals surface area contributed by atoms with E-state index in [4.69, 9.17) is 18.9 Å². The third-order valence-electron chi connectivity index (χ3n) is 4.05. The van der Waals surface area contributed by atoms with Crippen molar-refractivity contribution in [3.05, 3.63) is 12.4 Å². The smallest absolute Gasteiger partial charge is 0.410 e. The summed E-state index contributed by atoms with van der Waals surface area (Å²) in [5.41, 5.74) is -0.517. The van der Waals surface area contributed by atoms with E-state index in [1.54, 1.807) is 31.5 Å². The fourth-order valence-electron chi connectivity index (χ4n) is 2.74. The zero-order valence-electron chi connectivity index (χ0n) is 16.9. The minimum atomic E-state index is -0.517. The molecule has 0 bridgehead atoms. The Bertz CT molecular complexity index is 601. The van der Waals surface area contributed by atoms with E-state index in [1.165, 1.54) is 0 Å². The monoisotopic (exact) mass is 382 g/mol. The van der Waals surface area contributed by atoms with Crippen LogP contribution in [0.3, 0.4) is 0 Å². The fraction of sp³-hybridized carbons (Fsp3) is 0.722. The molecular weight excluding hydrogens is 352 g/mol. The van der Waals surface area contributed by atoms with E-state index in [0.29, 0.717) is 24.8 Å². The van der Waals surface area contributed by atoms with Crippen LogP contribution < -0.4 is 10.1 Å². The topological polar surface area (TPSA) is 95.0 Å². The number of carbonyl (C=O) groups excluding carboxylic acids is 1. The Hall–Kier alpha value is -2.13. The van der Waals surface area contributed by atoms with Crippen LogP contribution in [0.2, 0.25) is 0 Å². The summed E-state index contributed by atoms with van der Waals surface area (Å²) in [6.45, 7) is 8.45. The lowest BCUT2D eigenvalue weighted by Crippen LogP contribution is -2.39. The SMILES string of the molecule is COC(CNc1ncc(O[C@@H]2C[C@H](C)N(C(=O)OC(C)(C)C)C2)cn1)OC. The second kappa shape index (κ2) is 9.18. The molecule has 1 aliphatic heterocycles. The average Bonchev–Trinajstić information content (AvgIpc) is 2.96. The predicted octanol–water partition coefficient (Wildman–Crippen LogP) is 2.28. The predicted molar refractivity (Wildman–Crippen MR) is 99.8 cm³/mol. The Morgan fingerprint density at radius 2 is 1.93 bits per heavy atom. The highest BCUT2D eigenvalue weighted by Gasteiger charge is 2.36. The molecule has 2 heterocycles. The van der Waals surface area contributed by atoms with Crippen LogP contribution in [0.25, 0.3) is 0 Å². The van der Waals surface area contributed by atoms with Gasteiger partial charge in [0.2, 0.25) is 5.95 Å². The highest BCUT2D eigenvalue weighted by Crippen LogP contribution is 2.24. The van der Waals surface area contributed by atoms with Crippen LogP contribution in [-0.4, -0.2) is 72.3 Å². The Kier molecular flexibility index (Phi) is 7.20. The number of carbonyl (C=O) groups is 1. The van der Waals surface area contributed by atoms with E-state index < -0.39 is 5.60 Å². The lowest BCUT2D eigenvalue weighted by atomic mass is 10.2. The molecule has 1 aromatic rings. The maximum Gasteiger partial charge on any atom is 0.410 e. The van der Waals surface area contributed by atoms with Crippen LogP contribution in [0.1, 0.15) is 34.1 Å². The lowest BCUT2D eigenvalue weighted by Gasteiger charge is -2.26. The van der Waals surface area contributed by atoms with Gasteiger partial charge in [-0.1, -0.05) is 0 Å². The molecule has 0 spiro atoms. The highest BCUT2D eigenvalue weighted by atomic mass is 16.7. The average molecular weight is 382 g/mol. The van der Waals surface area contributed by atoms with Crippen LogP contribution in [-0.2, 0) is 14.2 Å². The first-order valence-corrected chi connectivity index (χ1v) is 8.99. The van der Waals surface area contributed by atoms with Crippen molar-refractivity contribution in [1.29, 1.82) is 0 Å². The van der Waals surface area contributed by atoms with E-state index in [-0.39, 0.29) is 24.5 Å². The third-order valence-corrected chi connectivity index (χ3v) is 4.05. The molecule has 1 aliphatic rings. The minimum Gasteiger partial charge on any atom is -0.485 e. The summed E-state index contributed by atoms with van der Waals surface area (Å²) in [5.74, 6) is 1.01. The molecule has 0 radical (unpaired) electrons. The maximum atomic E-state index is 12.3.